The van der Waals surface area contributed by atoms with Crippen LogP contribution < -0.4 is 0 Å². The smallest absolute Gasteiger partial charge is 0.410 e. The van der Waals surface area contributed by atoms with Crippen LogP contribution in [0.5, 0.6) is 0 Å². The van der Waals surface area contributed by atoms with E-state index in [-0.39, 0.29) is 17.8 Å². The van der Waals surface area contributed by atoms with Crippen LogP contribution in [0.3, 0.4) is 0 Å². The number of aromatic nitrogens is 3. The molecule has 1 aliphatic heterocycles. The summed E-state index contributed by atoms with van der Waals surface area (Å²) in [5.41, 5.74) is 0.0912. The maximum absolute atomic E-state index is 12.3. The molecule has 1 N–H and O–H groups in total. The van der Waals surface area contributed by atoms with Gasteiger partial charge in [0.25, 0.3) is 0 Å². The van der Waals surface area contributed by atoms with Crippen molar-refractivity contribution in [3.8, 4) is 0 Å². The predicted octanol–water partition coefficient (Wildman–Crippen LogP) is 2.50. The zero-order chi connectivity index (χ0) is 17.9. The Morgan fingerprint density at radius 3 is 2.67 bits per heavy atom. The van der Waals surface area contributed by atoms with Gasteiger partial charge in [0, 0.05) is 13.1 Å². The summed E-state index contributed by atoms with van der Waals surface area (Å²) in [5.74, 6) is -1.07. The first kappa shape index (κ1) is 18.2. The molecule has 1 amide bonds. The van der Waals surface area contributed by atoms with Gasteiger partial charge in [0.2, 0.25) is 0 Å². The van der Waals surface area contributed by atoms with Crippen molar-refractivity contribution in [1.82, 2.24) is 19.9 Å². The third-order valence-corrected chi connectivity index (χ3v) is 3.87. The van der Waals surface area contributed by atoms with Crippen LogP contribution in [0, 0.1) is 0 Å². The lowest BCUT2D eigenvalue weighted by Crippen LogP contribution is -2.43. The Hall–Kier alpha value is -2.12. The van der Waals surface area contributed by atoms with Gasteiger partial charge in [-0.25, -0.2) is 14.3 Å². The molecular formula is C16H26N4O4. The van der Waals surface area contributed by atoms with Gasteiger partial charge >= 0.3 is 12.1 Å². The topological polar surface area (TPSA) is 97.5 Å². The zero-order valence-corrected chi connectivity index (χ0v) is 14.8. The van der Waals surface area contributed by atoms with E-state index in [0.29, 0.717) is 25.2 Å². The fraction of sp³-hybridized carbons (Fsp3) is 0.750. The minimum Gasteiger partial charge on any atom is -0.476 e. The lowest BCUT2D eigenvalue weighted by atomic mass is 10.1. The second-order valence-corrected chi connectivity index (χ2v) is 7.11. The number of ether oxygens (including phenoxy) is 1. The first-order valence-corrected chi connectivity index (χ1v) is 8.38. The molecule has 1 fully saturated rings. The van der Waals surface area contributed by atoms with Gasteiger partial charge in [0.05, 0.1) is 11.7 Å². The summed E-state index contributed by atoms with van der Waals surface area (Å²) in [5, 5.41) is 17.1. The van der Waals surface area contributed by atoms with E-state index in [1.807, 2.05) is 27.7 Å². The summed E-state index contributed by atoms with van der Waals surface area (Å²) in [6.45, 7) is 8.58. The number of hydrogen-bond acceptors (Lipinski definition) is 5. The molecule has 0 aromatic carbocycles. The average Bonchev–Trinajstić information content (AvgIpc) is 2.90. The first-order chi connectivity index (χ1) is 11.2. The van der Waals surface area contributed by atoms with Crippen molar-refractivity contribution in [2.45, 2.75) is 65.0 Å². The van der Waals surface area contributed by atoms with Crippen LogP contribution in [-0.4, -0.2) is 55.8 Å². The van der Waals surface area contributed by atoms with E-state index in [9.17, 15) is 14.7 Å². The number of carboxylic acid groups (broad SMARTS) is 1. The largest absolute Gasteiger partial charge is 0.476 e. The van der Waals surface area contributed by atoms with E-state index in [1.165, 1.54) is 0 Å². The Labute approximate surface area is 141 Å². The molecular weight excluding hydrogens is 312 g/mol. The third kappa shape index (κ3) is 4.24. The van der Waals surface area contributed by atoms with Crippen molar-refractivity contribution in [1.29, 1.82) is 0 Å². The number of hydrogen-bond donors (Lipinski definition) is 1. The maximum atomic E-state index is 12.3. The molecule has 8 heteroatoms. The molecule has 2 heterocycles. The quantitative estimate of drug-likeness (QED) is 0.906. The van der Waals surface area contributed by atoms with Crippen LogP contribution >= 0.6 is 0 Å². The third-order valence-electron chi connectivity index (χ3n) is 3.87. The van der Waals surface area contributed by atoms with Crippen molar-refractivity contribution in [3.05, 3.63) is 11.4 Å². The highest BCUT2D eigenvalue weighted by Crippen LogP contribution is 2.25. The number of aromatic carboxylic acids is 1. The highest BCUT2D eigenvalue weighted by Gasteiger charge is 2.31. The van der Waals surface area contributed by atoms with Crippen LogP contribution in [0.2, 0.25) is 0 Å². The van der Waals surface area contributed by atoms with E-state index in [0.717, 1.165) is 19.3 Å². The van der Waals surface area contributed by atoms with E-state index in [4.69, 9.17) is 4.74 Å². The normalized spacial score (nSPS) is 18.5. The Morgan fingerprint density at radius 2 is 2.08 bits per heavy atom. The van der Waals surface area contributed by atoms with Crippen LogP contribution in [0.4, 0.5) is 4.79 Å². The summed E-state index contributed by atoms with van der Waals surface area (Å²) in [6.07, 6.45) is 2.70. The van der Waals surface area contributed by atoms with Gasteiger partial charge in [0.1, 0.15) is 5.60 Å². The minimum atomic E-state index is -1.07. The van der Waals surface area contributed by atoms with E-state index >= 15 is 0 Å². The number of amides is 1. The fourth-order valence-electron chi connectivity index (χ4n) is 2.89. The molecule has 0 bridgehead atoms. The SMILES string of the molecule is CCCc1c(C(=O)O)nnn1[C@H]1CCCN(C(=O)OC(C)(C)C)C1. The molecule has 0 saturated carbocycles. The molecule has 24 heavy (non-hydrogen) atoms. The predicted molar refractivity (Wildman–Crippen MR) is 87.1 cm³/mol. The second kappa shape index (κ2) is 7.19. The number of carbonyl (C=O) groups excluding carboxylic acids is 1. The average molecular weight is 338 g/mol. The summed E-state index contributed by atoms with van der Waals surface area (Å²) in [4.78, 5) is 25.3. The molecule has 1 aliphatic rings. The van der Waals surface area contributed by atoms with Gasteiger partial charge in [-0.3, -0.25) is 0 Å². The maximum Gasteiger partial charge on any atom is 0.410 e. The van der Waals surface area contributed by atoms with Crippen LogP contribution in [-0.2, 0) is 11.2 Å². The Balaban J connectivity index is 2.18. The molecule has 1 aromatic heterocycles. The van der Waals surface area contributed by atoms with Gasteiger partial charge in [-0.05, 0) is 40.0 Å². The van der Waals surface area contributed by atoms with Crippen molar-refractivity contribution < 1.29 is 19.4 Å². The molecule has 1 saturated heterocycles. The molecule has 0 radical (unpaired) electrons. The number of rotatable bonds is 4. The molecule has 0 unspecified atom stereocenters. The number of likely N-dealkylation sites (tertiary alicyclic amines) is 1. The van der Waals surface area contributed by atoms with Gasteiger partial charge < -0.3 is 14.7 Å². The first-order valence-electron chi connectivity index (χ1n) is 8.38. The highest BCUT2D eigenvalue weighted by molar-refractivity contribution is 5.86. The van der Waals surface area contributed by atoms with Crippen molar-refractivity contribution in [2.24, 2.45) is 0 Å². The second-order valence-electron chi connectivity index (χ2n) is 7.11. The minimum absolute atomic E-state index is 0.00578. The number of nitrogens with zero attached hydrogens (tertiary/aromatic N) is 4. The van der Waals surface area contributed by atoms with Crippen molar-refractivity contribution in [3.63, 3.8) is 0 Å². The van der Waals surface area contributed by atoms with Crippen LogP contribution in [0.1, 0.15) is 69.2 Å². The van der Waals surface area contributed by atoms with Crippen LogP contribution in [0.15, 0.2) is 0 Å². The molecule has 2 rings (SSSR count). The Kier molecular flexibility index (Phi) is 5.46. The zero-order valence-electron chi connectivity index (χ0n) is 14.8. The summed E-state index contributed by atoms with van der Waals surface area (Å²) in [7, 11) is 0. The van der Waals surface area contributed by atoms with Crippen LogP contribution in [0.25, 0.3) is 0 Å². The Bertz CT molecular complexity index is 606. The molecule has 0 aliphatic carbocycles. The lowest BCUT2D eigenvalue weighted by Gasteiger charge is -2.34. The molecule has 1 atom stereocenters. The summed E-state index contributed by atoms with van der Waals surface area (Å²) < 4.78 is 7.11. The number of piperidine rings is 1. The standard InChI is InChI=1S/C16H26N4O4/c1-5-7-12-13(14(21)22)17-18-20(12)11-8-6-9-19(10-11)15(23)24-16(2,3)4/h11H,5-10H2,1-4H3,(H,21,22)/t11-/m0/s1. The molecule has 0 spiro atoms. The van der Waals surface area contributed by atoms with E-state index < -0.39 is 11.6 Å². The Morgan fingerprint density at radius 1 is 1.38 bits per heavy atom. The summed E-state index contributed by atoms with van der Waals surface area (Å²) >= 11 is 0. The number of carboxylic acids is 1. The van der Waals surface area contributed by atoms with Gasteiger partial charge in [-0.15, -0.1) is 5.10 Å². The van der Waals surface area contributed by atoms with Crippen molar-refractivity contribution in [2.75, 3.05) is 13.1 Å². The fourth-order valence-corrected chi connectivity index (χ4v) is 2.89. The highest BCUT2D eigenvalue weighted by atomic mass is 16.6. The molecule has 134 valence electrons. The lowest BCUT2D eigenvalue weighted by molar-refractivity contribution is 0.0164. The van der Waals surface area contributed by atoms with Crippen molar-refractivity contribution >= 4 is 12.1 Å². The summed E-state index contributed by atoms with van der Waals surface area (Å²) in [6, 6.07) is -0.0755. The number of carbonyl (C=O) groups is 2. The van der Waals surface area contributed by atoms with E-state index in [2.05, 4.69) is 10.3 Å². The molecule has 8 nitrogen and oxygen atoms in total. The molecule has 1 aromatic rings. The monoisotopic (exact) mass is 338 g/mol. The van der Waals surface area contributed by atoms with Gasteiger partial charge in [0.15, 0.2) is 5.69 Å². The van der Waals surface area contributed by atoms with E-state index in [1.54, 1.807) is 9.58 Å². The van der Waals surface area contributed by atoms with Gasteiger partial charge in [-0.2, -0.15) is 0 Å². The van der Waals surface area contributed by atoms with Gasteiger partial charge in [-0.1, -0.05) is 18.6 Å².